The van der Waals surface area contributed by atoms with Gasteiger partial charge in [0, 0.05) is 30.4 Å². The summed E-state index contributed by atoms with van der Waals surface area (Å²) in [5.41, 5.74) is 5.29. The van der Waals surface area contributed by atoms with Crippen molar-refractivity contribution in [1.82, 2.24) is 4.90 Å². The number of ether oxygens (including phenoxy) is 1. The Bertz CT molecular complexity index is 530. The van der Waals surface area contributed by atoms with Gasteiger partial charge in [-0.05, 0) is 51.7 Å². The van der Waals surface area contributed by atoms with Crippen LogP contribution in [0.25, 0.3) is 0 Å². The quantitative estimate of drug-likeness (QED) is 0.839. The van der Waals surface area contributed by atoms with Crippen LogP contribution < -0.4 is 10.5 Å². The van der Waals surface area contributed by atoms with Crippen molar-refractivity contribution in [2.45, 2.75) is 63.3 Å². The van der Waals surface area contributed by atoms with Crippen LogP contribution in [0.1, 0.15) is 39.5 Å². The van der Waals surface area contributed by atoms with Crippen molar-refractivity contribution >= 4 is 5.69 Å². The average molecular weight is 308 g/mol. The summed E-state index contributed by atoms with van der Waals surface area (Å²) < 4.78 is 19.7. The summed E-state index contributed by atoms with van der Waals surface area (Å²) in [5.74, 6) is -0.110. The van der Waals surface area contributed by atoms with Crippen molar-refractivity contribution < 1.29 is 14.2 Å². The molecule has 3 atom stereocenters. The first-order valence-electron chi connectivity index (χ1n) is 8.01. The van der Waals surface area contributed by atoms with Crippen LogP contribution in [0.4, 0.5) is 10.1 Å². The maximum absolute atomic E-state index is 13.9. The Labute approximate surface area is 131 Å². The van der Waals surface area contributed by atoms with Gasteiger partial charge in [0.2, 0.25) is 0 Å². The summed E-state index contributed by atoms with van der Waals surface area (Å²) in [7, 11) is 0. The van der Waals surface area contributed by atoms with Gasteiger partial charge >= 0.3 is 0 Å². The van der Waals surface area contributed by atoms with E-state index in [-0.39, 0.29) is 11.9 Å². The summed E-state index contributed by atoms with van der Waals surface area (Å²) in [5, 5.41) is 10.1. The van der Waals surface area contributed by atoms with Gasteiger partial charge in [0.25, 0.3) is 0 Å². The predicted octanol–water partition coefficient (Wildman–Crippen LogP) is 2.55. The Kier molecular flexibility index (Phi) is 4.03. The van der Waals surface area contributed by atoms with Crippen LogP contribution in [0.5, 0.6) is 5.75 Å². The molecular formula is C17H25FN2O2. The van der Waals surface area contributed by atoms with Gasteiger partial charge in [-0.15, -0.1) is 0 Å². The largest absolute Gasteiger partial charge is 0.487 e. The summed E-state index contributed by atoms with van der Waals surface area (Å²) in [6, 6.07) is 5.42. The van der Waals surface area contributed by atoms with E-state index in [0.717, 1.165) is 25.7 Å². The summed E-state index contributed by atoms with van der Waals surface area (Å²) in [6.45, 7) is 4.38. The van der Waals surface area contributed by atoms with E-state index in [1.54, 1.807) is 12.1 Å². The van der Waals surface area contributed by atoms with Gasteiger partial charge in [-0.1, -0.05) is 0 Å². The fourth-order valence-corrected chi connectivity index (χ4v) is 3.82. The maximum Gasteiger partial charge on any atom is 0.167 e. The third-order valence-electron chi connectivity index (χ3n) is 4.66. The van der Waals surface area contributed by atoms with Gasteiger partial charge in [-0.2, -0.15) is 0 Å². The lowest BCUT2D eigenvalue weighted by Gasteiger charge is -2.41. The van der Waals surface area contributed by atoms with Crippen LogP contribution in [-0.4, -0.2) is 40.3 Å². The Morgan fingerprint density at radius 1 is 1.32 bits per heavy atom. The van der Waals surface area contributed by atoms with E-state index in [0.29, 0.717) is 24.3 Å². The molecule has 3 rings (SSSR count). The fraction of sp³-hybridized carbons (Fsp3) is 0.647. The second kappa shape index (κ2) is 5.70. The molecule has 2 aliphatic heterocycles. The van der Waals surface area contributed by atoms with Gasteiger partial charge in [-0.25, -0.2) is 4.39 Å². The lowest BCUT2D eigenvalue weighted by atomic mass is 9.97. The van der Waals surface area contributed by atoms with Gasteiger partial charge in [-0.3, -0.25) is 4.90 Å². The lowest BCUT2D eigenvalue weighted by Crippen LogP contribution is -2.51. The number of hydrogen-bond acceptors (Lipinski definition) is 4. The van der Waals surface area contributed by atoms with E-state index in [1.165, 1.54) is 6.07 Å². The summed E-state index contributed by atoms with van der Waals surface area (Å²) in [4.78, 5) is 2.40. The zero-order chi connectivity index (χ0) is 15.9. The first-order valence-corrected chi connectivity index (χ1v) is 8.01. The van der Waals surface area contributed by atoms with Crippen LogP contribution in [0.2, 0.25) is 0 Å². The monoisotopic (exact) mass is 308 g/mol. The van der Waals surface area contributed by atoms with E-state index in [1.807, 2.05) is 13.8 Å². The number of piperidine rings is 1. The molecule has 0 unspecified atom stereocenters. The molecule has 122 valence electrons. The Hall–Kier alpha value is -1.33. The minimum atomic E-state index is -0.683. The lowest BCUT2D eigenvalue weighted by molar-refractivity contribution is -0.0174. The summed E-state index contributed by atoms with van der Waals surface area (Å²) in [6.07, 6.45) is 4.07. The molecule has 5 heteroatoms. The molecule has 0 aliphatic carbocycles. The fourth-order valence-electron chi connectivity index (χ4n) is 3.82. The van der Waals surface area contributed by atoms with Crippen molar-refractivity contribution in [2.24, 2.45) is 0 Å². The summed E-state index contributed by atoms with van der Waals surface area (Å²) >= 11 is 0. The first-order chi connectivity index (χ1) is 10.3. The van der Waals surface area contributed by atoms with E-state index >= 15 is 0 Å². The number of anilines is 1. The smallest absolute Gasteiger partial charge is 0.167 e. The van der Waals surface area contributed by atoms with Crippen molar-refractivity contribution in [2.75, 3.05) is 12.3 Å². The highest BCUT2D eigenvalue weighted by Gasteiger charge is 2.43. The maximum atomic E-state index is 13.9. The first kappa shape index (κ1) is 15.6. The number of fused-ring (bicyclic) bond motifs is 2. The highest BCUT2D eigenvalue weighted by molar-refractivity contribution is 5.42. The Morgan fingerprint density at radius 3 is 2.50 bits per heavy atom. The number of nitrogens with two attached hydrogens (primary N) is 1. The molecule has 2 saturated heterocycles. The zero-order valence-corrected chi connectivity index (χ0v) is 13.3. The van der Waals surface area contributed by atoms with Crippen LogP contribution in [0, 0.1) is 5.82 Å². The molecular weight excluding hydrogens is 283 g/mol. The predicted molar refractivity (Wildman–Crippen MR) is 84.3 cm³/mol. The minimum Gasteiger partial charge on any atom is -0.487 e. The molecule has 2 heterocycles. The average Bonchev–Trinajstić information content (AvgIpc) is 2.64. The van der Waals surface area contributed by atoms with E-state index in [9.17, 15) is 9.50 Å². The normalized spacial score (nSPS) is 28.8. The van der Waals surface area contributed by atoms with Crippen LogP contribution in [-0.2, 0) is 0 Å². The molecule has 2 bridgehead atoms. The van der Waals surface area contributed by atoms with Crippen molar-refractivity contribution in [3.8, 4) is 5.75 Å². The zero-order valence-electron chi connectivity index (χ0n) is 13.3. The van der Waals surface area contributed by atoms with E-state index < -0.39 is 11.4 Å². The highest BCUT2D eigenvalue weighted by atomic mass is 19.1. The van der Waals surface area contributed by atoms with Crippen molar-refractivity contribution in [1.29, 1.82) is 0 Å². The molecule has 22 heavy (non-hydrogen) atoms. The molecule has 2 aliphatic rings. The second-order valence-corrected chi connectivity index (χ2v) is 7.27. The standard InChI is InChI=1S/C17H25FN2O2/c1-17(2,21)10-20-12-4-5-13(20)9-14(8-12)22-16-6-3-11(19)7-15(16)18/h3,6-7,12-14,21H,4-5,8-10,19H2,1-2H3/t12-,13+,14-. The SMILES string of the molecule is CC(C)(O)CN1[C@@H]2CC[C@H]1C[C@H](Oc1ccc(N)cc1F)C2. The highest BCUT2D eigenvalue weighted by Crippen LogP contribution is 2.38. The molecule has 1 aromatic carbocycles. The van der Waals surface area contributed by atoms with Crippen molar-refractivity contribution in [3.63, 3.8) is 0 Å². The van der Waals surface area contributed by atoms with Gasteiger partial charge < -0.3 is 15.6 Å². The third kappa shape index (κ3) is 3.36. The molecule has 0 saturated carbocycles. The molecule has 0 aromatic heterocycles. The number of benzene rings is 1. The molecule has 4 nitrogen and oxygen atoms in total. The minimum absolute atomic E-state index is 0.0358. The van der Waals surface area contributed by atoms with E-state index in [4.69, 9.17) is 10.5 Å². The van der Waals surface area contributed by atoms with Crippen LogP contribution in [0.15, 0.2) is 18.2 Å². The number of aliphatic hydroxyl groups is 1. The Morgan fingerprint density at radius 2 is 1.95 bits per heavy atom. The number of nitrogens with zero attached hydrogens (tertiary/aromatic N) is 1. The van der Waals surface area contributed by atoms with Gasteiger partial charge in [0.1, 0.15) is 6.10 Å². The second-order valence-electron chi connectivity index (χ2n) is 7.27. The van der Waals surface area contributed by atoms with Gasteiger partial charge in [0.15, 0.2) is 11.6 Å². The van der Waals surface area contributed by atoms with Crippen molar-refractivity contribution in [3.05, 3.63) is 24.0 Å². The molecule has 0 spiro atoms. The molecule has 0 radical (unpaired) electrons. The number of halogens is 1. The molecule has 0 amide bonds. The number of rotatable bonds is 4. The van der Waals surface area contributed by atoms with Crippen LogP contribution >= 0.6 is 0 Å². The molecule has 1 aromatic rings. The topological polar surface area (TPSA) is 58.7 Å². The number of nitrogen functional groups attached to an aromatic ring is 1. The van der Waals surface area contributed by atoms with Gasteiger partial charge in [0.05, 0.1) is 5.60 Å². The molecule has 2 fully saturated rings. The molecule has 3 N–H and O–H groups in total. The van der Waals surface area contributed by atoms with Crippen LogP contribution in [0.3, 0.4) is 0 Å². The van der Waals surface area contributed by atoms with E-state index in [2.05, 4.69) is 4.90 Å². The Balaban J connectivity index is 1.65. The third-order valence-corrected chi connectivity index (χ3v) is 4.66. The number of hydrogen-bond donors (Lipinski definition) is 2.